The van der Waals surface area contributed by atoms with Crippen LogP contribution in [-0.2, 0) is 11.3 Å². The summed E-state index contributed by atoms with van der Waals surface area (Å²) in [4.78, 5) is 9.68. The first-order valence-corrected chi connectivity index (χ1v) is 6.89. The second-order valence-corrected chi connectivity index (χ2v) is 5.51. The van der Waals surface area contributed by atoms with Crippen molar-refractivity contribution in [2.45, 2.75) is 13.3 Å². The summed E-state index contributed by atoms with van der Waals surface area (Å²) >= 11 is 7.04. The van der Waals surface area contributed by atoms with Crippen molar-refractivity contribution in [1.82, 2.24) is 10.4 Å². The number of nitrogens with zero attached hydrogens (tertiary/aromatic N) is 2. The molecule has 8 heteroatoms. The van der Waals surface area contributed by atoms with Gasteiger partial charge in [0.1, 0.15) is 10.8 Å². The predicted octanol–water partition coefficient (Wildman–Crippen LogP) is 3.47. The molecule has 0 aliphatic rings. The van der Waals surface area contributed by atoms with Crippen molar-refractivity contribution >= 4 is 22.9 Å². The van der Waals surface area contributed by atoms with Gasteiger partial charge in [0.15, 0.2) is 0 Å². The van der Waals surface area contributed by atoms with E-state index in [1.54, 1.807) is 19.1 Å². The number of hydrogen-bond donors (Lipinski definition) is 2. The third-order valence-corrected chi connectivity index (χ3v) is 4.08. The van der Waals surface area contributed by atoms with Crippen molar-refractivity contribution in [3.8, 4) is 10.6 Å². The summed E-state index contributed by atoms with van der Waals surface area (Å²) in [6.45, 7) is 1.89. The first kappa shape index (κ1) is 15.3. The Morgan fingerprint density at radius 2 is 2.20 bits per heavy atom. The molecule has 108 valence electrons. The van der Waals surface area contributed by atoms with Gasteiger partial charge in [-0.3, -0.25) is 15.3 Å². The average Bonchev–Trinajstić information content (AvgIpc) is 2.70. The van der Waals surface area contributed by atoms with E-state index in [4.69, 9.17) is 22.0 Å². The Morgan fingerprint density at radius 1 is 1.45 bits per heavy atom. The van der Waals surface area contributed by atoms with Gasteiger partial charge in [-0.1, -0.05) is 11.6 Å². The molecule has 1 aromatic carbocycles. The van der Waals surface area contributed by atoms with E-state index in [0.29, 0.717) is 22.0 Å². The highest BCUT2D eigenvalue weighted by atomic mass is 35.5. The summed E-state index contributed by atoms with van der Waals surface area (Å²) in [6, 6.07) is 4.43. The van der Waals surface area contributed by atoms with Crippen LogP contribution in [0.15, 0.2) is 18.2 Å². The van der Waals surface area contributed by atoms with E-state index < -0.39 is 5.82 Å². The van der Waals surface area contributed by atoms with Crippen LogP contribution in [0, 0.1) is 12.7 Å². The van der Waals surface area contributed by atoms with Gasteiger partial charge in [0.05, 0.1) is 17.7 Å². The molecule has 0 radical (unpaired) electrons. The number of benzene rings is 1. The maximum atomic E-state index is 13.8. The molecular formula is C12H12ClFN2O3S. The fourth-order valence-electron chi connectivity index (χ4n) is 1.66. The molecule has 1 aromatic heterocycles. The number of hydrogen-bond acceptors (Lipinski definition) is 6. The Morgan fingerprint density at radius 3 is 2.85 bits per heavy atom. The SMILES string of the molecule is Cc1nc(-c2ccc(Cl)cc2F)sc1CCON(O)O. The summed E-state index contributed by atoms with van der Waals surface area (Å²) in [5, 5.41) is 17.4. The summed E-state index contributed by atoms with van der Waals surface area (Å²) in [5.74, 6) is -0.425. The number of halogens is 2. The van der Waals surface area contributed by atoms with Gasteiger partial charge in [-0.25, -0.2) is 9.37 Å². The molecule has 20 heavy (non-hydrogen) atoms. The maximum Gasteiger partial charge on any atom is 0.134 e. The zero-order valence-corrected chi connectivity index (χ0v) is 12.1. The molecule has 2 N–H and O–H groups in total. The van der Waals surface area contributed by atoms with Crippen molar-refractivity contribution in [1.29, 1.82) is 0 Å². The third-order valence-electron chi connectivity index (χ3n) is 2.59. The second kappa shape index (κ2) is 6.57. The van der Waals surface area contributed by atoms with Gasteiger partial charge in [0, 0.05) is 21.9 Å². The monoisotopic (exact) mass is 318 g/mol. The Kier molecular flexibility index (Phi) is 5.03. The lowest BCUT2D eigenvalue weighted by molar-refractivity contribution is -0.492. The van der Waals surface area contributed by atoms with Crippen LogP contribution in [0.2, 0.25) is 5.02 Å². The zero-order valence-electron chi connectivity index (χ0n) is 10.5. The molecule has 0 saturated heterocycles. The second-order valence-electron chi connectivity index (χ2n) is 3.99. The van der Waals surface area contributed by atoms with Crippen LogP contribution in [0.1, 0.15) is 10.6 Å². The fourth-order valence-corrected chi connectivity index (χ4v) is 2.89. The molecule has 0 saturated carbocycles. The van der Waals surface area contributed by atoms with Crippen LogP contribution >= 0.6 is 22.9 Å². The highest BCUT2D eigenvalue weighted by Gasteiger charge is 2.13. The molecule has 2 rings (SSSR count). The Bertz CT molecular complexity index is 606. The Labute approximate surface area is 123 Å². The number of rotatable bonds is 5. The molecule has 0 atom stereocenters. The van der Waals surface area contributed by atoms with Crippen molar-refractivity contribution in [2.24, 2.45) is 0 Å². The lowest BCUT2D eigenvalue weighted by atomic mass is 10.2. The van der Waals surface area contributed by atoms with Crippen molar-refractivity contribution in [2.75, 3.05) is 6.61 Å². The fraction of sp³-hybridized carbons (Fsp3) is 0.250. The van der Waals surface area contributed by atoms with E-state index in [2.05, 4.69) is 9.82 Å². The van der Waals surface area contributed by atoms with Gasteiger partial charge in [-0.05, 0) is 25.1 Å². The maximum absolute atomic E-state index is 13.8. The lowest BCUT2D eigenvalue weighted by Crippen LogP contribution is -2.16. The molecule has 1 heterocycles. The Hall–Kier alpha value is -1.09. The quantitative estimate of drug-likeness (QED) is 0.826. The van der Waals surface area contributed by atoms with Crippen molar-refractivity contribution < 1.29 is 19.6 Å². The van der Waals surface area contributed by atoms with Gasteiger partial charge in [-0.15, -0.1) is 11.3 Å². The first-order chi connectivity index (χ1) is 9.47. The predicted molar refractivity (Wildman–Crippen MR) is 72.3 cm³/mol. The van der Waals surface area contributed by atoms with Crippen LogP contribution in [0.5, 0.6) is 0 Å². The van der Waals surface area contributed by atoms with Gasteiger partial charge in [0.2, 0.25) is 0 Å². The van der Waals surface area contributed by atoms with Crippen LogP contribution in [0.25, 0.3) is 10.6 Å². The largest absolute Gasteiger partial charge is 0.266 e. The average molecular weight is 319 g/mol. The Balaban J connectivity index is 2.18. The zero-order chi connectivity index (χ0) is 14.7. The summed E-state index contributed by atoms with van der Waals surface area (Å²) in [6.07, 6.45) is 0.441. The minimum atomic E-state index is -0.425. The molecule has 2 aromatic rings. The molecule has 0 amide bonds. The van der Waals surface area contributed by atoms with E-state index in [0.717, 1.165) is 10.6 Å². The standard InChI is InChI=1S/C12H12ClFN2O3S/c1-7-11(4-5-19-16(17)18)20-12(15-7)9-3-2-8(13)6-10(9)14/h2-3,6,17-18H,4-5H2,1H3. The summed E-state index contributed by atoms with van der Waals surface area (Å²) in [7, 11) is 0. The highest BCUT2D eigenvalue weighted by Crippen LogP contribution is 2.31. The van der Waals surface area contributed by atoms with Gasteiger partial charge in [-0.2, -0.15) is 0 Å². The molecule has 0 bridgehead atoms. The number of aromatic nitrogens is 1. The van der Waals surface area contributed by atoms with Gasteiger partial charge in [0.25, 0.3) is 0 Å². The minimum Gasteiger partial charge on any atom is -0.266 e. The van der Waals surface area contributed by atoms with Crippen molar-refractivity contribution in [3.05, 3.63) is 39.6 Å². The van der Waals surface area contributed by atoms with E-state index in [9.17, 15) is 4.39 Å². The molecule has 0 aliphatic carbocycles. The van der Waals surface area contributed by atoms with Gasteiger partial charge < -0.3 is 0 Å². The summed E-state index contributed by atoms with van der Waals surface area (Å²) in [5.41, 5.74) is 1.14. The molecule has 0 fully saturated rings. The summed E-state index contributed by atoms with van der Waals surface area (Å²) < 4.78 is 13.8. The van der Waals surface area contributed by atoms with Crippen LogP contribution in [0.4, 0.5) is 4.39 Å². The van der Waals surface area contributed by atoms with E-state index >= 15 is 0 Å². The smallest absolute Gasteiger partial charge is 0.134 e. The molecular weight excluding hydrogens is 307 g/mol. The van der Waals surface area contributed by atoms with Crippen LogP contribution in [0.3, 0.4) is 0 Å². The first-order valence-electron chi connectivity index (χ1n) is 5.70. The minimum absolute atomic E-state index is 0.0819. The molecule has 0 spiro atoms. The van der Waals surface area contributed by atoms with E-state index in [-0.39, 0.29) is 12.0 Å². The normalized spacial score (nSPS) is 11.3. The topological polar surface area (TPSA) is 65.8 Å². The van der Waals surface area contributed by atoms with Crippen LogP contribution < -0.4 is 0 Å². The highest BCUT2D eigenvalue weighted by molar-refractivity contribution is 7.15. The number of thiazole rings is 1. The van der Waals surface area contributed by atoms with Gasteiger partial charge >= 0.3 is 0 Å². The van der Waals surface area contributed by atoms with E-state index in [1.807, 2.05) is 0 Å². The van der Waals surface area contributed by atoms with Crippen LogP contribution in [-0.4, -0.2) is 27.4 Å². The number of aryl methyl sites for hydroxylation is 1. The van der Waals surface area contributed by atoms with Crippen molar-refractivity contribution in [3.63, 3.8) is 0 Å². The molecule has 5 nitrogen and oxygen atoms in total. The lowest BCUT2D eigenvalue weighted by Gasteiger charge is -2.04. The third kappa shape index (κ3) is 3.72. The molecule has 0 aliphatic heterocycles. The molecule has 0 unspecified atom stereocenters. The van der Waals surface area contributed by atoms with E-state index in [1.165, 1.54) is 17.4 Å².